The maximum atomic E-state index is 3.67. The number of nitrogens with one attached hydrogen (secondary N) is 2. The molecule has 0 unspecified atom stereocenters. The molecule has 0 fully saturated rings. The van der Waals surface area contributed by atoms with E-state index < -0.39 is 0 Å². The zero-order valence-electron chi connectivity index (χ0n) is 12.9. The van der Waals surface area contributed by atoms with Crippen molar-refractivity contribution in [2.75, 3.05) is 10.5 Å². The van der Waals surface area contributed by atoms with Gasteiger partial charge in [0, 0.05) is 20.3 Å². The Morgan fingerprint density at radius 2 is 1.25 bits per heavy atom. The van der Waals surface area contributed by atoms with Gasteiger partial charge in [0.25, 0.3) is 0 Å². The van der Waals surface area contributed by atoms with Crippen molar-refractivity contribution in [3.8, 4) is 0 Å². The lowest BCUT2D eigenvalue weighted by Gasteiger charge is -2.27. The van der Waals surface area contributed by atoms with Crippen LogP contribution in [-0.2, 0) is 0 Å². The van der Waals surface area contributed by atoms with Crippen molar-refractivity contribution in [3.05, 3.63) is 76.4 Å². The number of fused-ring (bicyclic) bond motifs is 1. The first kappa shape index (κ1) is 14.2. The third-order valence-corrected chi connectivity index (χ3v) is 5.61. The molecule has 5 rings (SSSR count). The Labute approximate surface area is 154 Å². The first-order valence-electron chi connectivity index (χ1n) is 8.03. The summed E-state index contributed by atoms with van der Waals surface area (Å²) in [6, 6.07) is 25.9. The van der Waals surface area contributed by atoms with Gasteiger partial charge in [0.2, 0.25) is 0 Å². The standard InChI is InChI=1S/C20H14BIN2/c22-17-12-15-6-2-1-5-14(15)11-16(17)21-23-18-9-3-7-13-8-4-10-19(24-21)20(13)18/h1-12,23-24H. The summed E-state index contributed by atoms with van der Waals surface area (Å²) in [5.74, 6) is 0. The van der Waals surface area contributed by atoms with E-state index in [1.54, 1.807) is 0 Å². The second-order valence-electron chi connectivity index (χ2n) is 6.15. The Kier molecular flexibility index (Phi) is 3.20. The highest BCUT2D eigenvalue weighted by Crippen LogP contribution is 2.34. The molecule has 0 radical (unpaired) electrons. The summed E-state index contributed by atoms with van der Waals surface area (Å²) in [6.07, 6.45) is 0. The molecule has 4 aromatic carbocycles. The molecule has 2 N–H and O–H groups in total. The summed E-state index contributed by atoms with van der Waals surface area (Å²) in [6.45, 7) is 0.0713. The molecule has 114 valence electrons. The van der Waals surface area contributed by atoms with E-state index in [1.165, 1.54) is 42.0 Å². The highest BCUT2D eigenvalue weighted by molar-refractivity contribution is 14.1. The van der Waals surface area contributed by atoms with Crippen molar-refractivity contribution >= 4 is 68.0 Å². The van der Waals surface area contributed by atoms with Gasteiger partial charge in [-0.05, 0) is 62.4 Å². The molecule has 0 amide bonds. The van der Waals surface area contributed by atoms with Gasteiger partial charge >= 0.3 is 6.98 Å². The van der Waals surface area contributed by atoms with Crippen molar-refractivity contribution in [2.24, 2.45) is 0 Å². The Balaban J connectivity index is 1.66. The van der Waals surface area contributed by atoms with Gasteiger partial charge in [-0.3, -0.25) is 0 Å². The second kappa shape index (κ2) is 5.41. The van der Waals surface area contributed by atoms with Crippen molar-refractivity contribution in [2.45, 2.75) is 0 Å². The Hall–Kier alpha value is -2.21. The van der Waals surface area contributed by atoms with Crippen molar-refractivity contribution < 1.29 is 0 Å². The van der Waals surface area contributed by atoms with Crippen molar-refractivity contribution in [1.29, 1.82) is 0 Å². The van der Waals surface area contributed by atoms with Gasteiger partial charge in [-0.1, -0.05) is 54.6 Å². The third kappa shape index (κ3) is 2.17. The van der Waals surface area contributed by atoms with Crippen LogP contribution in [0.2, 0.25) is 0 Å². The van der Waals surface area contributed by atoms with Crippen LogP contribution in [0.5, 0.6) is 0 Å². The van der Waals surface area contributed by atoms with E-state index in [4.69, 9.17) is 0 Å². The maximum Gasteiger partial charge on any atom is 0.407 e. The molecule has 0 atom stereocenters. The molecule has 0 bridgehead atoms. The molecule has 0 saturated heterocycles. The van der Waals surface area contributed by atoms with Gasteiger partial charge in [0.15, 0.2) is 0 Å². The maximum absolute atomic E-state index is 3.67. The molecular formula is C20H14BIN2. The Bertz CT molecular complexity index is 1050. The number of hydrogen-bond donors (Lipinski definition) is 2. The monoisotopic (exact) mass is 420 g/mol. The molecule has 24 heavy (non-hydrogen) atoms. The third-order valence-electron chi connectivity index (χ3n) is 4.68. The molecule has 4 aromatic rings. The van der Waals surface area contributed by atoms with E-state index in [9.17, 15) is 0 Å². The number of hydrogen-bond acceptors (Lipinski definition) is 2. The van der Waals surface area contributed by atoms with E-state index >= 15 is 0 Å². The quantitative estimate of drug-likeness (QED) is 0.341. The average Bonchev–Trinajstić information content (AvgIpc) is 2.61. The van der Waals surface area contributed by atoms with E-state index in [-0.39, 0.29) is 6.98 Å². The van der Waals surface area contributed by atoms with Crippen LogP contribution in [0.4, 0.5) is 11.4 Å². The van der Waals surface area contributed by atoms with Crippen LogP contribution in [0, 0.1) is 3.57 Å². The van der Waals surface area contributed by atoms with Gasteiger partial charge in [0.1, 0.15) is 0 Å². The van der Waals surface area contributed by atoms with Gasteiger partial charge in [-0.2, -0.15) is 0 Å². The molecule has 0 saturated carbocycles. The van der Waals surface area contributed by atoms with E-state index in [2.05, 4.69) is 106 Å². The Morgan fingerprint density at radius 3 is 1.92 bits per heavy atom. The molecule has 1 heterocycles. The SMILES string of the molecule is Ic1cc2ccccc2cc1B1Nc2cccc3cccc(c23)N1. The summed E-state index contributed by atoms with van der Waals surface area (Å²) in [4.78, 5) is 0. The fourth-order valence-corrected chi connectivity index (χ4v) is 4.34. The second-order valence-corrected chi connectivity index (χ2v) is 7.31. The molecule has 1 aliphatic rings. The van der Waals surface area contributed by atoms with Crippen LogP contribution < -0.4 is 15.9 Å². The summed E-state index contributed by atoms with van der Waals surface area (Å²) in [7, 11) is 0. The molecule has 0 spiro atoms. The lowest BCUT2D eigenvalue weighted by molar-refractivity contribution is 1.60. The zero-order valence-corrected chi connectivity index (χ0v) is 15.0. The van der Waals surface area contributed by atoms with E-state index in [1.807, 2.05) is 0 Å². The van der Waals surface area contributed by atoms with Crippen LogP contribution >= 0.6 is 22.6 Å². The minimum absolute atomic E-state index is 0.0713. The van der Waals surface area contributed by atoms with Crippen molar-refractivity contribution in [3.63, 3.8) is 0 Å². The summed E-state index contributed by atoms with van der Waals surface area (Å²) >= 11 is 2.44. The topological polar surface area (TPSA) is 24.1 Å². The zero-order chi connectivity index (χ0) is 16.1. The molecule has 2 nitrogen and oxygen atoms in total. The highest BCUT2D eigenvalue weighted by Gasteiger charge is 2.27. The predicted molar refractivity (Wildman–Crippen MR) is 113 cm³/mol. The first-order valence-corrected chi connectivity index (χ1v) is 9.10. The molecule has 0 aliphatic carbocycles. The van der Waals surface area contributed by atoms with Crippen LogP contribution in [0.1, 0.15) is 0 Å². The fraction of sp³-hybridized carbons (Fsp3) is 0. The largest absolute Gasteiger partial charge is 0.407 e. The Morgan fingerprint density at radius 1 is 0.667 bits per heavy atom. The predicted octanol–water partition coefficient (Wildman–Crippen LogP) is 4.83. The average molecular weight is 420 g/mol. The van der Waals surface area contributed by atoms with E-state index in [0.29, 0.717) is 0 Å². The van der Waals surface area contributed by atoms with E-state index in [0.717, 1.165) is 0 Å². The smallest absolute Gasteiger partial charge is 0.405 e. The lowest BCUT2D eigenvalue weighted by atomic mass is 9.65. The summed E-state index contributed by atoms with van der Waals surface area (Å²) < 4.78 is 1.27. The summed E-state index contributed by atoms with van der Waals surface area (Å²) in [5.41, 5.74) is 3.66. The molecule has 4 heteroatoms. The number of rotatable bonds is 1. The minimum atomic E-state index is 0.0713. The number of halogens is 1. The van der Waals surface area contributed by atoms with Gasteiger partial charge < -0.3 is 10.5 Å². The first-order chi connectivity index (χ1) is 11.8. The van der Waals surface area contributed by atoms with Crippen LogP contribution in [0.15, 0.2) is 72.8 Å². The van der Waals surface area contributed by atoms with Gasteiger partial charge in [0.05, 0.1) is 0 Å². The van der Waals surface area contributed by atoms with Gasteiger partial charge in [-0.25, -0.2) is 0 Å². The van der Waals surface area contributed by atoms with Gasteiger partial charge in [-0.15, -0.1) is 0 Å². The highest BCUT2D eigenvalue weighted by atomic mass is 127. The van der Waals surface area contributed by atoms with Crippen LogP contribution in [0.3, 0.4) is 0 Å². The van der Waals surface area contributed by atoms with Crippen molar-refractivity contribution in [1.82, 2.24) is 0 Å². The lowest BCUT2D eigenvalue weighted by Crippen LogP contribution is -2.49. The molecule has 1 aliphatic heterocycles. The molecule has 0 aromatic heterocycles. The number of benzene rings is 4. The normalized spacial score (nSPS) is 13.0. The fourth-order valence-electron chi connectivity index (χ4n) is 3.54. The minimum Gasteiger partial charge on any atom is -0.405 e. The molecular weight excluding hydrogens is 406 g/mol. The summed E-state index contributed by atoms with van der Waals surface area (Å²) in [5, 5.41) is 12.4. The van der Waals surface area contributed by atoms with Crippen LogP contribution in [0.25, 0.3) is 21.5 Å². The van der Waals surface area contributed by atoms with Crippen LogP contribution in [-0.4, -0.2) is 6.98 Å². The number of anilines is 2.